The van der Waals surface area contributed by atoms with Crippen LogP contribution in [0.3, 0.4) is 0 Å². The van der Waals surface area contributed by atoms with Gasteiger partial charge in [0.05, 0.1) is 6.61 Å². The van der Waals surface area contributed by atoms with Crippen LogP contribution in [0.1, 0.15) is 36.5 Å². The number of ether oxygens (including phenoxy) is 1. The molecule has 1 aromatic rings. The molecule has 1 saturated carbocycles. The Morgan fingerprint density at radius 1 is 1.44 bits per heavy atom. The summed E-state index contributed by atoms with van der Waals surface area (Å²) in [5.41, 5.74) is 0.693. The second-order valence-electron chi connectivity index (χ2n) is 4.34. The molecule has 0 saturated heterocycles. The zero-order valence-corrected chi connectivity index (χ0v) is 10.9. The number of carbonyl (C=O) groups excluding carboxylic acids is 1. The first-order chi connectivity index (χ1) is 7.65. The normalized spacial score (nSPS) is 15.6. The molecule has 0 aliphatic heterocycles. The number of carbonyl (C=O) groups is 1. The summed E-state index contributed by atoms with van der Waals surface area (Å²) in [4.78, 5) is 11.3. The van der Waals surface area contributed by atoms with E-state index in [1.807, 2.05) is 18.2 Å². The van der Waals surface area contributed by atoms with Gasteiger partial charge in [0.15, 0.2) is 5.78 Å². The standard InChI is InChI=1S/C13H15BrO2/c1-9(15)11-5-12(14)7-13(6-11)16-8-10-3-2-4-10/h5-7,10H,2-4,8H2,1H3. The van der Waals surface area contributed by atoms with E-state index in [-0.39, 0.29) is 5.78 Å². The minimum Gasteiger partial charge on any atom is -0.493 e. The quantitative estimate of drug-likeness (QED) is 0.785. The third-order valence-corrected chi connectivity index (χ3v) is 3.45. The molecule has 1 aliphatic rings. The third kappa shape index (κ3) is 2.85. The van der Waals surface area contributed by atoms with Crippen LogP contribution >= 0.6 is 15.9 Å². The zero-order chi connectivity index (χ0) is 11.5. The Bertz CT molecular complexity index is 397. The fourth-order valence-electron chi connectivity index (χ4n) is 1.72. The molecule has 0 atom stereocenters. The van der Waals surface area contributed by atoms with Gasteiger partial charge in [0, 0.05) is 10.0 Å². The molecular formula is C13H15BrO2. The van der Waals surface area contributed by atoms with Crippen LogP contribution in [-0.2, 0) is 0 Å². The second-order valence-corrected chi connectivity index (χ2v) is 5.26. The van der Waals surface area contributed by atoms with E-state index in [9.17, 15) is 4.79 Å². The molecule has 0 heterocycles. The minimum absolute atomic E-state index is 0.0646. The van der Waals surface area contributed by atoms with Gasteiger partial charge in [-0.3, -0.25) is 4.79 Å². The van der Waals surface area contributed by atoms with E-state index in [2.05, 4.69) is 15.9 Å². The second kappa shape index (κ2) is 5.00. The van der Waals surface area contributed by atoms with Gasteiger partial charge < -0.3 is 4.74 Å². The molecule has 3 heteroatoms. The Labute approximate surface area is 104 Å². The van der Waals surface area contributed by atoms with Gasteiger partial charge >= 0.3 is 0 Å². The molecule has 0 spiro atoms. The highest BCUT2D eigenvalue weighted by atomic mass is 79.9. The Balaban J connectivity index is 2.04. The lowest BCUT2D eigenvalue weighted by Crippen LogP contribution is -2.19. The monoisotopic (exact) mass is 282 g/mol. The predicted octanol–water partition coefficient (Wildman–Crippen LogP) is 3.83. The average Bonchev–Trinajstić information content (AvgIpc) is 2.14. The largest absolute Gasteiger partial charge is 0.493 e. The SMILES string of the molecule is CC(=O)c1cc(Br)cc(OCC2CCC2)c1. The molecule has 0 N–H and O–H groups in total. The summed E-state index contributed by atoms with van der Waals surface area (Å²) in [5.74, 6) is 1.56. The van der Waals surface area contributed by atoms with Crippen molar-refractivity contribution in [1.82, 2.24) is 0 Å². The van der Waals surface area contributed by atoms with Crippen molar-refractivity contribution in [3.05, 3.63) is 28.2 Å². The van der Waals surface area contributed by atoms with Gasteiger partial charge in [-0.2, -0.15) is 0 Å². The van der Waals surface area contributed by atoms with Crippen LogP contribution in [0.4, 0.5) is 0 Å². The number of halogens is 1. The highest BCUT2D eigenvalue weighted by molar-refractivity contribution is 9.10. The van der Waals surface area contributed by atoms with E-state index in [0.29, 0.717) is 11.5 Å². The molecule has 1 aliphatic carbocycles. The molecule has 2 nitrogen and oxygen atoms in total. The molecule has 2 rings (SSSR count). The lowest BCUT2D eigenvalue weighted by molar-refractivity contribution is 0.101. The first-order valence-corrected chi connectivity index (χ1v) is 6.39. The lowest BCUT2D eigenvalue weighted by atomic mass is 9.86. The summed E-state index contributed by atoms with van der Waals surface area (Å²) in [5, 5.41) is 0. The Morgan fingerprint density at radius 2 is 2.19 bits per heavy atom. The topological polar surface area (TPSA) is 26.3 Å². The summed E-state index contributed by atoms with van der Waals surface area (Å²) in [7, 11) is 0. The molecule has 1 aromatic carbocycles. The Morgan fingerprint density at radius 3 is 2.75 bits per heavy atom. The van der Waals surface area contributed by atoms with Gasteiger partial charge in [0.25, 0.3) is 0 Å². The molecule has 0 radical (unpaired) electrons. The number of ketones is 1. The van der Waals surface area contributed by atoms with Crippen molar-refractivity contribution in [2.75, 3.05) is 6.61 Å². The van der Waals surface area contributed by atoms with E-state index in [0.717, 1.165) is 16.8 Å². The summed E-state index contributed by atoms with van der Waals surface area (Å²) in [6.45, 7) is 2.34. The maximum Gasteiger partial charge on any atom is 0.159 e. The van der Waals surface area contributed by atoms with Crippen LogP contribution in [-0.4, -0.2) is 12.4 Å². The van der Waals surface area contributed by atoms with Crippen LogP contribution in [0, 0.1) is 5.92 Å². The van der Waals surface area contributed by atoms with Crippen LogP contribution in [0.2, 0.25) is 0 Å². The number of rotatable bonds is 4. The number of Topliss-reactive ketones (excluding diaryl/α,β-unsaturated/α-hetero) is 1. The highest BCUT2D eigenvalue weighted by Crippen LogP contribution is 2.28. The summed E-state index contributed by atoms with van der Waals surface area (Å²) in [6.07, 6.45) is 3.87. The summed E-state index contributed by atoms with van der Waals surface area (Å²) in [6, 6.07) is 5.54. The number of hydrogen-bond acceptors (Lipinski definition) is 2. The fourth-order valence-corrected chi connectivity index (χ4v) is 2.20. The van der Waals surface area contributed by atoms with Crippen LogP contribution < -0.4 is 4.74 Å². The van der Waals surface area contributed by atoms with Gasteiger partial charge in [-0.1, -0.05) is 22.4 Å². The first-order valence-electron chi connectivity index (χ1n) is 5.59. The third-order valence-electron chi connectivity index (χ3n) is 2.99. The number of hydrogen-bond donors (Lipinski definition) is 0. The van der Waals surface area contributed by atoms with E-state index >= 15 is 0 Å². The molecule has 86 valence electrons. The smallest absolute Gasteiger partial charge is 0.159 e. The van der Waals surface area contributed by atoms with Crippen molar-refractivity contribution in [3.63, 3.8) is 0 Å². The van der Waals surface area contributed by atoms with Crippen molar-refractivity contribution in [2.45, 2.75) is 26.2 Å². The van der Waals surface area contributed by atoms with E-state index in [1.54, 1.807) is 6.92 Å². The first kappa shape index (κ1) is 11.6. The van der Waals surface area contributed by atoms with E-state index < -0.39 is 0 Å². The molecular weight excluding hydrogens is 268 g/mol. The van der Waals surface area contributed by atoms with Crippen molar-refractivity contribution in [2.24, 2.45) is 5.92 Å². The Kier molecular flexibility index (Phi) is 3.64. The van der Waals surface area contributed by atoms with Gasteiger partial charge in [0.1, 0.15) is 5.75 Å². The van der Waals surface area contributed by atoms with Crippen molar-refractivity contribution in [3.8, 4) is 5.75 Å². The molecule has 0 aromatic heterocycles. The number of benzene rings is 1. The van der Waals surface area contributed by atoms with E-state index in [1.165, 1.54) is 19.3 Å². The predicted molar refractivity (Wildman–Crippen MR) is 67.0 cm³/mol. The fraction of sp³-hybridized carbons (Fsp3) is 0.462. The van der Waals surface area contributed by atoms with Gasteiger partial charge in [-0.25, -0.2) is 0 Å². The maximum absolute atomic E-state index is 11.3. The molecule has 0 bridgehead atoms. The Hall–Kier alpha value is -0.830. The minimum atomic E-state index is 0.0646. The van der Waals surface area contributed by atoms with E-state index in [4.69, 9.17) is 4.74 Å². The van der Waals surface area contributed by atoms with Gasteiger partial charge in [-0.15, -0.1) is 0 Å². The van der Waals surface area contributed by atoms with Crippen LogP contribution in [0.15, 0.2) is 22.7 Å². The summed E-state index contributed by atoms with van der Waals surface area (Å²) < 4.78 is 6.59. The average molecular weight is 283 g/mol. The molecule has 1 fully saturated rings. The zero-order valence-electron chi connectivity index (χ0n) is 9.33. The van der Waals surface area contributed by atoms with Crippen LogP contribution in [0.5, 0.6) is 5.75 Å². The van der Waals surface area contributed by atoms with Crippen molar-refractivity contribution < 1.29 is 9.53 Å². The highest BCUT2D eigenvalue weighted by Gasteiger charge is 2.18. The molecule has 0 amide bonds. The van der Waals surface area contributed by atoms with Gasteiger partial charge in [0.2, 0.25) is 0 Å². The molecule has 16 heavy (non-hydrogen) atoms. The van der Waals surface area contributed by atoms with Crippen molar-refractivity contribution >= 4 is 21.7 Å². The lowest BCUT2D eigenvalue weighted by Gasteiger charge is -2.25. The van der Waals surface area contributed by atoms with Crippen molar-refractivity contribution in [1.29, 1.82) is 0 Å². The van der Waals surface area contributed by atoms with Gasteiger partial charge in [-0.05, 0) is 43.9 Å². The van der Waals surface area contributed by atoms with Crippen LogP contribution in [0.25, 0.3) is 0 Å². The molecule has 0 unspecified atom stereocenters. The maximum atomic E-state index is 11.3. The summed E-state index contributed by atoms with van der Waals surface area (Å²) >= 11 is 3.39.